The summed E-state index contributed by atoms with van der Waals surface area (Å²) in [6.07, 6.45) is 1.87. The summed E-state index contributed by atoms with van der Waals surface area (Å²) in [5.41, 5.74) is 4.68. The molecule has 0 aliphatic carbocycles. The molecule has 3 aromatic heterocycles. The van der Waals surface area contributed by atoms with Gasteiger partial charge in [-0.1, -0.05) is 36.4 Å². The molecule has 1 saturated heterocycles. The number of aromatic amines is 1. The Kier molecular flexibility index (Phi) is 5.30. The lowest BCUT2D eigenvalue weighted by Gasteiger charge is -2.32. The molecule has 0 atom stereocenters. The maximum absolute atomic E-state index is 13.6. The Hall–Kier alpha value is -3.64. The molecule has 0 saturated carbocycles. The largest absolute Gasteiger partial charge is 0.497 e. The third kappa shape index (κ3) is 3.64. The van der Waals surface area contributed by atoms with Crippen LogP contribution in [0.2, 0.25) is 0 Å². The molecule has 2 aromatic carbocycles. The molecule has 1 fully saturated rings. The Bertz CT molecular complexity index is 1480. The van der Waals surface area contributed by atoms with Gasteiger partial charge in [0, 0.05) is 29.4 Å². The number of carbonyl (C=O) groups excluding carboxylic acids is 1. The highest BCUT2D eigenvalue weighted by Gasteiger charge is 2.27. The van der Waals surface area contributed by atoms with Gasteiger partial charge in [-0.05, 0) is 60.0 Å². The van der Waals surface area contributed by atoms with Crippen molar-refractivity contribution in [2.75, 3.05) is 20.2 Å². The van der Waals surface area contributed by atoms with E-state index >= 15 is 0 Å². The van der Waals surface area contributed by atoms with Crippen LogP contribution in [0.1, 0.15) is 34.8 Å². The standard InChI is InChI=1S/C28H25N3O2S/c1-33-20-7-4-6-19(16-20)18-11-13-31(14-12-18)28(32)24-17-22-21-8-2-3-9-23(21)29-26(22)27(30-24)25-10-5-15-34-25/h2-10,15-18,29H,11-14H2,1H3. The first-order chi connectivity index (χ1) is 16.7. The lowest BCUT2D eigenvalue weighted by atomic mass is 9.89. The molecule has 170 valence electrons. The first-order valence-corrected chi connectivity index (χ1v) is 12.5. The van der Waals surface area contributed by atoms with E-state index in [9.17, 15) is 4.79 Å². The minimum atomic E-state index is 0.00841. The van der Waals surface area contributed by atoms with E-state index in [0.29, 0.717) is 11.6 Å². The summed E-state index contributed by atoms with van der Waals surface area (Å²) in [6, 6.07) is 22.5. The molecule has 0 spiro atoms. The number of fused-ring (bicyclic) bond motifs is 3. The van der Waals surface area contributed by atoms with Gasteiger partial charge in [0.2, 0.25) is 0 Å². The number of ether oxygens (including phenoxy) is 1. The van der Waals surface area contributed by atoms with Crippen LogP contribution in [0.4, 0.5) is 0 Å². The van der Waals surface area contributed by atoms with E-state index < -0.39 is 0 Å². The second kappa shape index (κ2) is 8.61. The molecule has 6 heteroatoms. The lowest BCUT2D eigenvalue weighted by molar-refractivity contribution is 0.0707. The summed E-state index contributed by atoms with van der Waals surface area (Å²) in [5, 5.41) is 4.20. The van der Waals surface area contributed by atoms with E-state index in [1.165, 1.54) is 5.56 Å². The Morgan fingerprint density at radius 1 is 1.03 bits per heavy atom. The summed E-state index contributed by atoms with van der Waals surface area (Å²) < 4.78 is 5.39. The molecule has 1 N–H and O–H groups in total. The van der Waals surface area contributed by atoms with Gasteiger partial charge >= 0.3 is 0 Å². The van der Waals surface area contributed by atoms with Crippen molar-refractivity contribution >= 4 is 39.0 Å². The minimum Gasteiger partial charge on any atom is -0.497 e. The monoisotopic (exact) mass is 467 g/mol. The van der Waals surface area contributed by atoms with Crippen LogP contribution in [0, 0.1) is 0 Å². The lowest BCUT2D eigenvalue weighted by Crippen LogP contribution is -2.38. The SMILES string of the molecule is COc1cccc(C2CCN(C(=O)c3cc4c([nH]c5ccccc54)c(-c4cccs4)n3)CC2)c1. The van der Waals surface area contributed by atoms with Crippen LogP contribution < -0.4 is 4.74 Å². The van der Waals surface area contributed by atoms with Crippen LogP contribution in [-0.4, -0.2) is 41.0 Å². The average molecular weight is 468 g/mol. The summed E-state index contributed by atoms with van der Waals surface area (Å²) in [4.78, 5) is 25.0. The van der Waals surface area contributed by atoms with Crippen molar-refractivity contribution in [1.29, 1.82) is 0 Å². The number of aromatic nitrogens is 2. The Balaban J connectivity index is 1.32. The number of methoxy groups -OCH3 is 1. The van der Waals surface area contributed by atoms with Crippen LogP contribution in [-0.2, 0) is 0 Å². The third-order valence-corrected chi connectivity index (χ3v) is 7.69. The zero-order chi connectivity index (χ0) is 23.1. The van der Waals surface area contributed by atoms with Gasteiger partial charge in [-0.3, -0.25) is 4.79 Å². The van der Waals surface area contributed by atoms with Crippen molar-refractivity contribution in [1.82, 2.24) is 14.9 Å². The number of hydrogen-bond donors (Lipinski definition) is 1. The molecular formula is C28H25N3O2S. The molecular weight excluding hydrogens is 442 g/mol. The van der Waals surface area contributed by atoms with Gasteiger partial charge in [0.15, 0.2) is 0 Å². The molecule has 34 heavy (non-hydrogen) atoms. The van der Waals surface area contributed by atoms with Crippen LogP contribution in [0.3, 0.4) is 0 Å². The second-order valence-electron chi connectivity index (χ2n) is 8.77. The summed E-state index contributed by atoms with van der Waals surface area (Å²) in [7, 11) is 1.70. The summed E-state index contributed by atoms with van der Waals surface area (Å²) in [5.74, 6) is 1.33. The van der Waals surface area contributed by atoms with Gasteiger partial charge in [-0.2, -0.15) is 0 Å². The van der Waals surface area contributed by atoms with E-state index in [1.54, 1.807) is 18.4 Å². The van der Waals surface area contributed by atoms with E-state index in [0.717, 1.165) is 64.1 Å². The maximum atomic E-state index is 13.6. The fourth-order valence-corrected chi connectivity index (χ4v) is 5.74. The fraction of sp³-hybridized carbons (Fsp3) is 0.214. The Morgan fingerprint density at radius 3 is 2.68 bits per heavy atom. The van der Waals surface area contributed by atoms with Crippen molar-refractivity contribution in [2.45, 2.75) is 18.8 Å². The number of para-hydroxylation sites is 1. The van der Waals surface area contributed by atoms with Gasteiger partial charge in [-0.15, -0.1) is 11.3 Å². The van der Waals surface area contributed by atoms with Gasteiger partial charge < -0.3 is 14.6 Å². The highest BCUT2D eigenvalue weighted by molar-refractivity contribution is 7.13. The topological polar surface area (TPSA) is 58.2 Å². The number of rotatable bonds is 4. The number of benzene rings is 2. The van der Waals surface area contributed by atoms with Gasteiger partial charge in [0.1, 0.15) is 17.1 Å². The highest BCUT2D eigenvalue weighted by atomic mass is 32.1. The zero-order valence-corrected chi connectivity index (χ0v) is 19.8. The second-order valence-corrected chi connectivity index (χ2v) is 9.72. The predicted octanol–water partition coefficient (Wildman–Crippen LogP) is 6.47. The first-order valence-electron chi connectivity index (χ1n) is 11.6. The summed E-state index contributed by atoms with van der Waals surface area (Å²) in [6.45, 7) is 1.45. The Morgan fingerprint density at radius 2 is 1.88 bits per heavy atom. The smallest absolute Gasteiger partial charge is 0.272 e. The van der Waals surface area contributed by atoms with Crippen LogP contribution in [0.25, 0.3) is 32.4 Å². The average Bonchev–Trinajstić information content (AvgIpc) is 3.56. The number of nitrogens with one attached hydrogen (secondary N) is 1. The molecule has 5 nitrogen and oxygen atoms in total. The van der Waals surface area contributed by atoms with Crippen LogP contribution in [0.15, 0.2) is 72.1 Å². The van der Waals surface area contributed by atoms with Gasteiger partial charge in [-0.25, -0.2) is 4.98 Å². The van der Waals surface area contributed by atoms with E-state index in [2.05, 4.69) is 35.3 Å². The maximum Gasteiger partial charge on any atom is 0.272 e. The van der Waals surface area contributed by atoms with Crippen molar-refractivity contribution in [2.24, 2.45) is 0 Å². The number of hydrogen-bond acceptors (Lipinski definition) is 4. The molecule has 0 bridgehead atoms. The van der Waals surface area contributed by atoms with E-state index in [-0.39, 0.29) is 5.91 Å². The number of amides is 1. The molecule has 0 radical (unpaired) electrons. The quantitative estimate of drug-likeness (QED) is 0.329. The van der Waals surface area contributed by atoms with Crippen molar-refractivity contribution in [3.05, 3.63) is 83.4 Å². The number of likely N-dealkylation sites (tertiary alicyclic amines) is 1. The number of carbonyl (C=O) groups is 1. The number of H-pyrrole nitrogens is 1. The van der Waals surface area contributed by atoms with Crippen molar-refractivity contribution in [3.8, 4) is 16.3 Å². The van der Waals surface area contributed by atoms with E-state index in [4.69, 9.17) is 9.72 Å². The molecule has 6 rings (SSSR count). The normalized spacial score (nSPS) is 14.7. The first kappa shape index (κ1) is 20.9. The van der Waals surface area contributed by atoms with Gasteiger partial charge in [0.05, 0.1) is 17.5 Å². The van der Waals surface area contributed by atoms with Crippen LogP contribution in [0.5, 0.6) is 5.75 Å². The fourth-order valence-electron chi connectivity index (χ4n) is 5.02. The summed E-state index contributed by atoms with van der Waals surface area (Å²) >= 11 is 1.64. The highest BCUT2D eigenvalue weighted by Crippen LogP contribution is 2.35. The van der Waals surface area contributed by atoms with Crippen molar-refractivity contribution in [3.63, 3.8) is 0 Å². The van der Waals surface area contributed by atoms with E-state index in [1.807, 2.05) is 46.7 Å². The zero-order valence-electron chi connectivity index (χ0n) is 19.0. The molecule has 0 unspecified atom stereocenters. The minimum absolute atomic E-state index is 0.00841. The number of nitrogens with zero attached hydrogens (tertiary/aromatic N) is 2. The van der Waals surface area contributed by atoms with Gasteiger partial charge in [0.25, 0.3) is 5.91 Å². The molecule has 4 heterocycles. The number of piperidine rings is 1. The Labute approximate surface area is 202 Å². The van der Waals surface area contributed by atoms with Crippen LogP contribution >= 0.6 is 11.3 Å². The number of thiophene rings is 1. The number of pyridine rings is 1. The molecule has 1 amide bonds. The molecule has 1 aliphatic rings. The molecule has 5 aromatic rings. The van der Waals surface area contributed by atoms with Crippen molar-refractivity contribution < 1.29 is 9.53 Å². The third-order valence-electron chi connectivity index (χ3n) is 6.82. The molecule has 1 aliphatic heterocycles. The predicted molar refractivity (Wildman–Crippen MR) is 138 cm³/mol.